The van der Waals surface area contributed by atoms with Crippen LogP contribution in [-0.4, -0.2) is 33.1 Å². The van der Waals surface area contributed by atoms with Crippen LogP contribution in [0.3, 0.4) is 0 Å². The molecule has 2 aliphatic carbocycles. The fraction of sp³-hybridized carbons (Fsp3) is 0.320. The first-order valence-corrected chi connectivity index (χ1v) is 11.3. The first-order valence-electron chi connectivity index (χ1n) is 11.3. The van der Waals surface area contributed by atoms with Crippen molar-refractivity contribution in [3.63, 3.8) is 0 Å². The number of carbonyl (C=O) groups excluding carboxylic acids is 1. The van der Waals surface area contributed by atoms with Gasteiger partial charge in [0.15, 0.2) is 0 Å². The van der Waals surface area contributed by atoms with Gasteiger partial charge >= 0.3 is 12.3 Å². The normalized spacial score (nSPS) is 16.8. The lowest BCUT2D eigenvalue weighted by molar-refractivity contribution is -0.274. The third-order valence-corrected chi connectivity index (χ3v) is 6.74. The van der Waals surface area contributed by atoms with E-state index in [0.717, 1.165) is 37.5 Å². The maximum atomic E-state index is 15.2. The molecule has 0 saturated heterocycles. The van der Waals surface area contributed by atoms with Gasteiger partial charge in [-0.1, -0.05) is 12.1 Å². The average Bonchev–Trinajstić information content (AvgIpc) is 3.45. The zero-order valence-electron chi connectivity index (χ0n) is 18.8. The molecule has 2 aromatic carbocycles. The molecule has 0 atom stereocenters. The number of aromatic carboxylic acids is 1. The Morgan fingerprint density at radius 3 is 2.39 bits per heavy atom. The van der Waals surface area contributed by atoms with Crippen molar-refractivity contribution in [3.05, 3.63) is 65.7 Å². The molecule has 5 rings (SSSR count). The number of hydrogen-bond donors (Lipinski definition) is 2. The molecule has 0 bridgehead atoms. The Morgan fingerprint density at radius 2 is 1.83 bits per heavy atom. The van der Waals surface area contributed by atoms with E-state index in [4.69, 9.17) is 0 Å². The second-order valence-corrected chi connectivity index (χ2v) is 9.09. The fourth-order valence-electron chi connectivity index (χ4n) is 4.46. The summed E-state index contributed by atoms with van der Waals surface area (Å²) in [5.74, 6) is -3.10. The molecule has 0 radical (unpaired) electrons. The number of nitrogens with one attached hydrogen (secondary N) is 1. The molecule has 3 aromatic rings. The SMILES string of the molecule is O=C(O)c1cc(NC(=O)C2(c3ccc(OC(F)(F)F)cc3)CC2)cc(F)c1-c1cnn(C2CCC2)c1. The smallest absolute Gasteiger partial charge is 0.478 e. The molecule has 0 spiro atoms. The molecule has 0 unspecified atom stereocenters. The quantitative estimate of drug-likeness (QED) is 0.405. The lowest BCUT2D eigenvalue weighted by Crippen LogP contribution is -2.28. The number of anilines is 1. The number of carboxylic acids is 1. The lowest BCUT2D eigenvalue weighted by Gasteiger charge is -2.25. The van der Waals surface area contributed by atoms with Crippen LogP contribution in [0, 0.1) is 5.82 Å². The number of carboxylic acid groups (broad SMARTS) is 1. The summed E-state index contributed by atoms with van der Waals surface area (Å²) in [5, 5.41) is 16.6. The molecule has 1 aromatic heterocycles. The molecule has 1 heterocycles. The minimum atomic E-state index is -4.83. The molecular weight excluding hydrogens is 482 g/mol. The highest BCUT2D eigenvalue weighted by atomic mass is 19.4. The van der Waals surface area contributed by atoms with E-state index in [9.17, 15) is 27.9 Å². The Hall–Kier alpha value is -3.89. The molecule has 2 saturated carbocycles. The molecule has 0 aliphatic heterocycles. The Bertz CT molecular complexity index is 1330. The fourth-order valence-corrected chi connectivity index (χ4v) is 4.46. The summed E-state index contributed by atoms with van der Waals surface area (Å²) in [5.41, 5.74) is -0.667. The number of hydrogen-bond acceptors (Lipinski definition) is 4. The summed E-state index contributed by atoms with van der Waals surface area (Å²) >= 11 is 0. The molecule has 188 valence electrons. The Labute approximate surface area is 202 Å². The lowest BCUT2D eigenvalue weighted by atomic mass is 9.93. The van der Waals surface area contributed by atoms with Gasteiger partial charge < -0.3 is 15.2 Å². The predicted molar refractivity (Wildman–Crippen MR) is 120 cm³/mol. The minimum absolute atomic E-state index is 0.0339. The maximum absolute atomic E-state index is 15.2. The van der Waals surface area contributed by atoms with Gasteiger partial charge in [0.05, 0.1) is 23.2 Å². The molecule has 2 aliphatic rings. The van der Waals surface area contributed by atoms with Crippen LogP contribution in [0.5, 0.6) is 5.75 Å². The summed E-state index contributed by atoms with van der Waals surface area (Å²) in [6.07, 6.45) is 2.08. The third-order valence-electron chi connectivity index (χ3n) is 6.74. The molecular formula is C25H21F4N3O4. The van der Waals surface area contributed by atoms with Crippen molar-refractivity contribution in [2.45, 2.75) is 49.9 Å². The number of aromatic nitrogens is 2. The second-order valence-electron chi connectivity index (χ2n) is 9.09. The number of halogens is 4. The zero-order valence-corrected chi connectivity index (χ0v) is 18.8. The second kappa shape index (κ2) is 8.65. The van der Waals surface area contributed by atoms with Crippen LogP contribution in [0.25, 0.3) is 11.1 Å². The largest absolute Gasteiger partial charge is 0.573 e. The number of alkyl halides is 3. The van der Waals surface area contributed by atoms with Gasteiger partial charge in [-0.25, -0.2) is 9.18 Å². The van der Waals surface area contributed by atoms with Crippen LogP contribution in [0.15, 0.2) is 48.8 Å². The first kappa shape index (κ1) is 23.8. The van der Waals surface area contributed by atoms with E-state index in [0.29, 0.717) is 24.0 Å². The van der Waals surface area contributed by atoms with Crippen molar-refractivity contribution >= 4 is 17.6 Å². The van der Waals surface area contributed by atoms with Crippen LogP contribution in [0.1, 0.15) is 54.1 Å². The van der Waals surface area contributed by atoms with Crippen LogP contribution < -0.4 is 10.1 Å². The van der Waals surface area contributed by atoms with Crippen molar-refractivity contribution in [1.29, 1.82) is 0 Å². The summed E-state index contributed by atoms with van der Waals surface area (Å²) in [6.45, 7) is 0. The molecule has 1 amide bonds. The van der Waals surface area contributed by atoms with E-state index < -0.39 is 35.2 Å². The topological polar surface area (TPSA) is 93.5 Å². The van der Waals surface area contributed by atoms with Gasteiger partial charge in [0.1, 0.15) is 11.6 Å². The average molecular weight is 503 g/mol. The van der Waals surface area contributed by atoms with E-state index >= 15 is 4.39 Å². The van der Waals surface area contributed by atoms with Crippen molar-refractivity contribution in [1.82, 2.24) is 9.78 Å². The summed E-state index contributed by atoms with van der Waals surface area (Å²) in [6, 6.07) is 7.46. The molecule has 36 heavy (non-hydrogen) atoms. The van der Waals surface area contributed by atoms with Crippen molar-refractivity contribution in [2.24, 2.45) is 0 Å². The number of ether oxygens (including phenoxy) is 1. The predicted octanol–water partition coefficient (Wildman–Crippen LogP) is 5.68. The monoisotopic (exact) mass is 503 g/mol. The molecule has 2 N–H and O–H groups in total. The number of rotatable bonds is 7. The van der Waals surface area contributed by atoms with E-state index in [1.807, 2.05) is 0 Å². The Balaban J connectivity index is 1.38. The van der Waals surface area contributed by atoms with E-state index in [1.165, 1.54) is 24.4 Å². The molecule has 7 nitrogen and oxygen atoms in total. The van der Waals surface area contributed by atoms with Crippen molar-refractivity contribution < 1.29 is 37.0 Å². The third kappa shape index (κ3) is 4.52. The van der Waals surface area contributed by atoms with Crippen LogP contribution in [-0.2, 0) is 10.2 Å². The van der Waals surface area contributed by atoms with Crippen LogP contribution >= 0.6 is 0 Å². The highest BCUT2D eigenvalue weighted by Gasteiger charge is 2.51. The van der Waals surface area contributed by atoms with Gasteiger partial charge in [0.25, 0.3) is 0 Å². The van der Waals surface area contributed by atoms with E-state index in [1.54, 1.807) is 10.9 Å². The van der Waals surface area contributed by atoms with Crippen molar-refractivity contribution in [2.75, 3.05) is 5.32 Å². The minimum Gasteiger partial charge on any atom is -0.478 e. The van der Waals surface area contributed by atoms with Crippen LogP contribution in [0.2, 0.25) is 0 Å². The molecule has 11 heteroatoms. The Kier molecular flexibility index (Phi) is 5.73. The number of benzene rings is 2. The van der Waals surface area contributed by atoms with E-state index in [-0.39, 0.29) is 22.9 Å². The van der Waals surface area contributed by atoms with Gasteiger partial charge in [0, 0.05) is 23.0 Å². The summed E-state index contributed by atoms with van der Waals surface area (Å²) in [4.78, 5) is 25.0. The van der Waals surface area contributed by atoms with Gasteiger partial charge in [-0.3, -0.25) is 9.48 Å². The number of nitrogens with zero attached hydrogens (tertiary/aromatic N) is 2. The van der Waals surface area contributed by atoms with Gasteiger partial charge in [0.2, 0.25) is 5.91 Å². The standard InChI is InChI=1S/C25H21F4N3O4/c26-20-11-16(10-19(22(33)34)21(20)14-12-30-32(13-14)17-2-1-3-17)31-23(35)24(8-9-24)15-4-6-18(7-5-15)36-25(27,28)29/h4-7,10-13,17H,1-3,8-9H2,(H,31,35)(H,33,34). The highest BCUT2D eigenvalue weighted by Crippen LogP contribution is 2.49. The first-order chi connectivity index (χ1) is 17.1. The maximum Gasteiger partial charge on any atom is 0.573 e. The number of carbonyl (C=O) groups is 2. The van der Waals surface area contributed by atoms with Gasteiger partial charge in [-0.05, 0) is 61.9 Å². The Morgan fingerprint density at radius 1 is 1.14 bits per heavy atom. The number of amides is 1. The van der Waals surface area contributed by atoms with Crippen molar-refractivity contribution in [3.8, 4) is 16.9 Å². The van der Waals surface area contributed by atoms with Gasteiger partial charge in [-0.2, -0.15) is 5.10 Å². The van der Waals surface area contributed by atoms with Gasteiger partial charge in [-0.15, -0.1) is 13.2 Å². The molecule has 2 fully saturated rings. The van der Waals surface area contributed by atoms with E-state index in [2.05, 4.69) is 15.2 Å². The zero-order chi connectivity index (χ0) is 25.7. The summed E-state index contributed by atoms with van der Waals surface area (Å²) in [7, 11) is 0. The summed E-state index contributed by atoms with van der Waals surface area (Å²) < 4.78 is 58.0. The van der Waals surface area contributed by atoms with Crippen LogP contribution in [0.4, 0.5) is 23.2 Å². The highest BCUT2D eigenvalue weighted by molar-refractivity contribution is 6.03.